The van der Waals surface area contributed by atoms with Crippen LogP contribution in [0.4, 0.5) is 0 Å². The molecule has 0 saturated carbocycles. The fourth-order valence-electron chi connectivity index (χ4n) is 1.08. The molecule has 0 aliphatic heterocycles. The zero-order chi connectivity index (χ0) is 10.9. The summed E-state index contributed by atoms with van der Waals surface area (Å²) >= 11 is 0. The van der Waals surface area contributed by atoms with Crippen LogP contribution in [0, 0.1) is 0 Å². The quantitative estimate of drug-likeness (QED) is 0.465. The number of hydrogen-bond donors (Lipinski definition) is 1. The summed E-state index contributed by atoms with van der Waals surface area (Å²) in [4.78, 5) is 0. The van der Waals surface area contributed by atoms with E-state index in [0.29, 0.717) is 0 Å². The van der Waals surface area contributed by atoms with E-state index in [2.05, 4.69) is 21.3 Å². The Morgan fingerprint density at radius 3 is 2.21 bits per heavy atom. The molecule has 0 amide bonds. The normalized spacial score (nSPS) is 11.9. The van der Waals surface area contributed by atoms with Crippen LogP contribution in [0.15, 0.2) is 0 Å². The maximum absolute atomic E-state index is 10.6. The first-order chi connectivity index (χ1) is 6.62. The van der Waals surface area contributed by atoms with Gasteiger partial charge in [0.2, 0.25) is 0 Å². The first-order valence-corrected chi connectivity index (χ1v) is 6.28. The number of rotatable bonds is 9. The van der Waals surface area contributed by atoms with Gasteiger partial charge in [-0.15, -0.1) is 0 Å². The van der Waals surface area contributed by atoms with Crippen LogP contribution in [0.5, 0.6) is 0 Å². The van der Waals surface area contributed by atoms with Gasteiger partial charge in [0, 0.05) is 0 Å². The van der Waals surface area contributed by atoms with Crippen LogP contribution in [-0.4, -0.2) is 15.0 Å². The number of quaternary nitrogens is 1. The third-order valence-electron chi connectivity index (χ3n) is 1.87. The Morgan fingerprint density at radius 1 is 1.07 bits per heavy atom. The monoisotopic (exact) mass is 226 g/mol. The molecule has 6 heteroatoms. The van der Waals surface area contributed by atoms with Crippen molar-refractivity contribution in [3.63, 3.8) is 0 Å². The maximum atomic E-state index is 10.6. The minimum atomic E-state index is -3.83. The highest BCUT2D eigenvalue weighted by Gasteiger charge is 2.10. The fraction of sp³-hybridized carbons (Fsp3) is 1.00. The summed E-state index contributed by atoms with van der Waals surface area (Å²) in [5, 5.41) is 0. The zero-order valence-corrected chi connectivity index (χ0v) is 9.51. The molecule has 0 saturated heterocycles. The van der Waals surface area contributed by atoms with Crippen molar-refractivity contribution in [3.8, 4) is 0 Å². The van der Waals surface area contributed by atoms with Crippen molar-refractivity contribution in [1.82, 2.24) is 0 Å². The van der Waals surface area contributed by atoms with Crippen LogP contribution >= 0.6 is 0 Å². The smallest absolute Gasteiger partial charge is 0.245 e. The predicted molar refractivity (Wildman–Crippen MR) is 52.2 cm³/mol. The van der Waals surface area contributed by atoms with Gasteiger partial charge in [0.1, 0.15) is 0 Å². The van der Waals surface area contributed by atoms with E-state index >= 15 is 0 Å². The molecule has 86 valence electrons. The Labute approximate surface area is 85.9 Å². The Balaban J connectivity index is 3.22. The van der Waals surface area contributed by atoms with Gasteiger partial charge in [-0.1, -0.05) is 43.3 Å². The van der Waals surface area contributed by atoms with Gasteiger partial charge < -0.3 is 0 Å². The lowest BCUT2D eigenvalue weighted by molar-refractivity contribution is -0.637. The fourth-order valence-corrected chi connectivity index (χ4v) is 1.47. The van der Waals surface area contributed by atoms with Gasteiger partial charge in [0.15, 0.2) is 0 Å². The van der Waals surface area contributed by atoms with E-state index < -0.39 is 10.4 Å². The van der Waals surface area contributed by atoms with Crippen molar-refractivity contribution in [1.29, 1.82) is 0 Å². The second-order valence-electron chi connectivity index (χ2n) is 3.12. The average Bonchev–Trinajstić information content (AvgIpc) is 2.16. The molecule has 0 rings (SSSR count). The third kappa shape index (κ3) is 8.43. The Bertz CT molecular complexity index is 215. The van der Waals surface area contributed by atoms with E-state index in [1.54, 1.807) is 0 Å². The van der Waals surface area contributed by atoms with Gasteiger partial charge in [-0.3, -0.25) is 0 Å². The zero-order valence-electron chi connectivity index (χ0n) is 8.70. The molecule has 0 heterocycles. The van der Waals surface area contributed by atoms with E-state index in [-0.39, 0.29) is 6.61 Å². The van der Waals surface area contributed by atoms with E-state index in [0.717, 1.165) is 19.3 Å². The summed E-state index contributed by atoms with van der Waals surface area (Å²) in [6.07, 6.45) is 6.51. The molecule has 0 aromatic rings. The van der Waals surface area contributed by atoms with E-state index in [1.807, 2.05) is 0 Å². The summed E-state index contributed by atoms with van der Waals surface area (Å²) in [5.41, 5.74) is 0. The SMILES string of the molecule is CCCCCCCCOS(=O)(=O)O[NH3+]. The molecule has 0 bridgehead atoms. The molecule has 14 heavy (non-hydrogen) atoms. The molecule has 5 nitrogen and oxygen atoms in total. The molecule has 0 atom stereocenters. The summed E-state index contributed by atoms with van der Waals surface area (Å²) in [5.74, 6) is 2.78. The van der Waals surface area contributed by atoms with Gasteiger partial charge in [0.05, 0.1) is 6.61 Å². The molecule has 3 N–H and O–H groups in total. The highest BCUT2D eigenvalue weighted by Crippen LogP contribution is 2.05. The van der Waals surface area contributed by atoms with Gasteiger partial charge in [-0.05, 0) is 6.42 Å². The van der Waals surface area contributed by atoms with E-state index in [9.17, 15) is 8.42 Å². The largest absolute Gasteiger partial charge is 0.444 e. The van der Waals surface area contributed by atoms with Crippen LogP contribution in [0.1, 0.15) is 45.4 Å². The average molecular weight is 226 g/mol. The minimum absolute atomic E-state index is 0.185. The molecule has 0 aromatic carbocycles. The number of hydrogen-bond acceptors (Lipinski definition) is 4. The lowest BCUT2D eigenvalue weighted by atomic mass is 10.1. The summed E-state index contributed by atoms with van der Waals surface area (Å²) in [7, 11) is -3.83. The molecule has 0 spiro atoms. The first-order valence-electron chi connectivity index (χ1n) is 4.95. The van der Waals surface area contributed by atoms with Crippen molar-refractivity contribution < 1.29 is 22.8 Å². The highest BCUT2D eigenvalue weighted by molar-refractivity contribution is 7.81. The topological polar surface area (TPSA) is 80.2 Å². The second-order valence-corrected chi connectivity index (χ2v) is 4.40. The standard InChI is InChI=1S/C8H20NO4S/c1-2-3-4-5-6-7-8-12-14(10,11)13-9/h2-8H2,1,9H3/q+1. The summed E-state index contributed by atoms with van der Waals surface area (Å²) in [6.45, 7) is 2.34. The Kier molecular flexibility index (Phi) is 8.07. The summed E-state index contributed by atoms with van der Waals surface area (Å²) in [6, 6.07) is 0. The Hall–Kier alpha value is -0.170. The lowest BCUT2D eigenvalue weighted by Crippen LogP contribution is -2.51. The van der Waals surface area contributed by atoms with Crippen molar-refractivity contribution in [3.05, 3.63) is 0 Å². The molecule has 0 aliphatic carbocycles. The van der Waals surface area contributed by atoms with Crippen LogP contribution in [-0.2, 0) is 18.9 Å². The molecule has 0 aromatic heterocycles. The van der Waals surface area contributed by atoms with Gasteiger partial charge >= 0.3 is 10.4 Å². The van der Waals surface area contributed by atoms with Crippen molar-refractivity contribution in [2.75, 3.05) is 6.61 Å². The first kappa shape index (κ1) is 13.8. The third-order valence-corrected chi connectivity index (χ3v) is 2.61. The van der Waals surface area contributed by atoms with E-state index in [4.69, 9.17) is 0 Å². The lowest BCUT2D eigenvalue weighted by Gasteiger charge is -2.00. The van der Waals surface area contributed by atoms with Crippen molar-refractivity contribution >= 4 is 10.4 Å². The molecule has 0 unspecified atom stereocenters. The van der Waals surface area contributed by atoms with E-state index in [1.165, 1.54) is 19.3 Å². The van der Waals surface area contributed by atoms with Gasteiger partial charge in [-0.2, -0.15) is 14.3 Å². The predicted octanol–water partition coefficient (Wildman–Crippen LogP) is 0.782. The van der Waals surface area contributed by atoms with Crippen LogP contribution in [0.25, 0.3) is 0 Å². The van der Waals surface area contributed by atoms with Crippen LogP contribution < -0.4 is 5.90 Å². The van der Waals surface area contributed by atoms with Gasteiger partial charge in [-0.25, -0.2) is 4.18 Å². The van der Waals surface area contributed by atoms with Crippen LogP contribution in [0.3, 0.4) is 0 Å². The van der Waals surface area contributed by atoms with Crippen LogP contribution in [0.2, 0.25) is 0 Å². The highest BCUT2D eigenvalue weighted by atomic mass is 32.3. The van der Waals surface area contributed by atoms with Gasteiger partial charge in [0.25, 0.3) is 0 Å². The number of unbranched alkanes of at least 4 members (excludes halogenated alkanes) is 5. The molecule has 0 aliphatic rings. The second kappa shape index (κ2) is 8.16. The van der Waals surface area contributed by atoms with Crippen molar-refractivity contribution in [2.24, 2.45) is 0 Å². The Morgan fingerprint density at radius 2 is 1.64 bits per heavy atom. The molecular weight excluding hydrogens is 206 g/mol. The maximum Gasteiger partial charge on any atom is 0.444 e. The molecule has 0 fully saturated rings. The molecular formula is C8H20NO4S+. The summed E-state index contributed by atoms with van der Waals surface area (Å²) < 4.78 is 29.6. The minimum Gasteiger partial charge on any atom is -0.245 e. The molecule has 0 radical (unpaired) electrons. The van der Waals surface area contributed by atoms with Crippen molar-refractivity contribution in [2.45, 2.75) is 45.4 Å².